The van der Waals surface area contributed by atoms with Crippen molar-refractivity contribution in [3.63, 3.8) is 0 Å². The molecule has 0 aromatic heterocycles. The Balaban J connectivity index is 2.26. The average molecular weight is 214 g/mol. The lowest BCUT2D eigenvalue weighted by atomic mass is 9.95. The minimum absolute atomic E-state index is 0.366. The molecule has 0 spiro atoms. The first kappa shape index (κ1) is 12.9. The van der Waals surface area contributed by atoms with Gasteiger partial charge in [-0.3, -0.25) is 0 Å². The highest BCUT2D eigenvalue weighted by atomic mass is 16.5. The molecular weight excluding hydrogens is 188 g/mol. The summed E-state index contributed by atoms with van der Waals surface area (Å²) >= 11 is 0. The molecule has 1 aliphatic rings. The van der Waals surface area contributed by atoms with Gasteiger partial charge in [0.1, 0.15) is 0 Å². The first-order chi connectivity index (χ1) is 7.17. The van der Waals surface area contributed by atoms with Gasteiger partial charge in [0.25, 0.3) is 0 Å². The van der Waals surface area contributed by atoms with Gasteiger partial charge in [0.05, 0.1) is 6.10 Å². The van der Waals surface area contributed by atoms with Gasteiger partial charge in [0, 0.05) is 19.7 Å². The summed E-state index contributed by atoms with van der Waals surface area (Å²) in [5.74, 6) is 0.700. The van der Waals surface area contributed by atoms with E-state index in [0.717, 1.165) is 25.9 Å². The van der Waals surface area contributed by atoms with E-state index in [1.165, 1.54) is 13.0 Å². The Morgan fingerprint density at radius 2 is 2.27 bits per heavy atom. The van der Waals surface area contributed by atoms with E-state index in [1.807, 2.05) is 7.11 Å². The largest absolute Gasteiger partial charge is 0.380 e. The van der Waals surface area contributed by atoms with E-state index in [-0.39, 0.29) is 0 Å². The van der Waals surface area contributed by atoms with Crippen LogP contribution in [0.15, 0.2) is 0 Å². The van der Waals surface area contributed by atoms with Crippen LogP contribution in [0.3, 0.4) is 0 Å². The van der Waals surface area contributed by atoms with Crippen molar-refractivity contribution in [2.75, 3.05) is 26.7 Å². The molecule has 0 aromatic carbocycles. The zero-order valence-electron chi connectivity index (χ0n) is 10.4. The summed E-state index contributed by atoms with van der Waals surface area (Å²) in [4.78, 5) is 2.49. The maximum atomic E-state index is 5.93. The Morgan fingerprint density at radius 3 is 2.87 bits per heavy atom. The molecule has 15 heavy (non-hydrogen) atoms. The molecule has 0 aromatic rings. The van der Waals surface area contributed by atoms with E-state index in [9.17, 15) is 0 Å². The normalized spacial score (nSPS) is 30.4. The summed E-state index contributed by atoms with van der Waals surface area (Å²) in [6.45, 7) is 7.84. The number of methoxy groups -OCH3 is 1. The molecule has 90 valence electrons. The van der Waals surface area contributed by atoms with Gasteiger partial charge in [-0.2, -0.15) is 0 Å². The van der Waals surface area contributed by atoms with Crippen molar-refractivity contribution in [1.29, 1.82) is 0 Å². The number of hydrogen-bond donors (Lipinski definition) is 1. The number of likely N-dealkylation sites (tertiary alicyclic amines) is 1. The smallest absolute Gasteiger partial charge is 0.0724 e. The van der Waals surface area contributed by atoms with Gasteiger partial charge < -0.3 is 15.4 Å². The molecule has 1 rings (SSSR count). The van der Waals surface area contributed by atoms with Crippen LogP contribution < -0.4 is 5.73 Å². The first-order valence-electron chi connectivity index (χ1n) is 6.18. The van der Waals surface area contributed by atoms with Crippen LogP contribution in [0.4, 0.5) is 0 Å². The van der Waals surface area contributed by atoms with Crippen molar-refractivity contribution in [3.05, 3.63) is 0 Å². The number of nitrogens with zero attached hydrogens (tertiary/aromatic N) is 1. The van der Waals surface area contributed by atoms with Crippen molar-refractivity contribution < 1.29 is 4.74 Å². The molecular formula is C12H26N2O. The fourth-order valence-corrected chi connectivity index (χ4v) is 2.16. The molecule has 1 saturated heterocycles. The molecule has 1 fully saturated rings. The van der Waals surface area contributed by atoms with E-state index in [2.05, 4.69) is 18.7 Å². The molecule has 0 aliphatic carbocycles. The zero-order chi connectivity index (χ0) is 11.3. The molecule has 0 radical (unpaired) electrons. The van der Waals surface area contributed by atoms with Gasteiger partial charge in [0.2, 0.25) is 0 Å². The minimum Gasteiger partial charge on any atom is -0.380 e. The zero-order valence-corrected chi connectivity index (χ0v) is 10.4. The maximum absolute atomic E-state index is 5.93. The highest BCUT2D eigenvalue weighted by Crippen LogP contribution is 2.19. The van der Waals surface area contributed by atoms with Crippen LogP contribution in [0, 0.1) is 5.92 Å². The summed E-state index contributed by atoms with van der Waals surface area (Å²) < 4.78 is 5.49. The maximum Gasteiger partial charge on any atom is 0.0724 e. The van der Waals surface area contributed by atoms with E-state index < -0.39 is 0 Å². The van der Waals surface area contributed by atoms with Crippen molar-refractivity contribution in [2.45, 2.75) is 45.3 Å². The Labute approximate surface area is 94.0 Å². The lowest BCUT2D eigenvalue weighted by molar-refractivity contribution is -0.00556. The lowest BCUT2D eigenvalue weighted by Crippen LogP contribution is -2.45. The summed E-state index contributed by atoms with van der Waals surface area (Å²) in [6, 6.07) is 0.366. The molecule has 0 saturated carbocycles. The second-order valence-corrected chi connectivity index (χ2v) is 4.80. The third-order valence-corrected chi connectivity index (χ3v) is 3.62. The number of ether oxygens (including phenoxy) is 1. The van der Waals surface area contributed by atoms with Crippen LogP contribution in [0.2, 0.25) is 0 Å². The number of piperidine rings is 1. The molecule has 1 heterocycles. The predicted molar refractivity (Wildman–Crippen MR) is 63.9 cm³/mol. The number of rotatable bonds is 5. The Bertz CT molecular complexity index is 175. The fraction of sp³-hybridized carbons (Fsp3) is 1.00. The second kappa shape index (κ2) is 6.46. The molecule has 3 atom stereocenters. The molecule has 3 unspecified atom stereocenters. The molecule has 0 bridgehead atoms. The van der Waals surface area contributed by atoms with E-state index in [4.69, 9.17) is 10.5 Å². The standard InChI is InChI=1S/C12H26N2O/c1-4-11(13)6-8-14-7-5-10(2)12(9-14)15-3/h10-12H,4-9,13H2,1-3H3. The highest BCUT2D eigenvalue weighted by molar-refractivity contribution is 4.79. The SMILES string of the molecule is CCC(N)CCN1CCC(C)C(OC)C1. The van der Waals surface area contributed by atoms with Gasteiger partial charge in [-0.05, 0) is 38.3 Å². The van der Waals surface area contributed by atoms with Gasteiger partial charge >= 0.3 is 0 Å². The molecule has 2 N–H and O–H groups in total. The van der Waals surface area contributed by atoms with Crippen LogP contribution in [-0.2, 0) is 4.74 Å². The first-order valence-corrected chi connectivity index (χ1v) is 6.18. The van der Waals surface area contributed by atoms with Gasteiger partial charge in [-0.1, -0.05) is 13.8 Å². The summed E-state index contributed by atoms with van der Waals surface area (Å²) in [5, 5.41) is 0. The lowest BCUT2D eigenvalue weighted by Gasteiger charge is -2.36. The third-order valence-electron chi connectivity index (χ3n) is 3.62. The third kappa shape index (κ3) is 4.09. The van der Waals surface area contributed by atoms with E-state index in [0.29, 0.717) is 18.1 Å². The van der Waals surface area contributed by atoms with Crippen LogP contribution in [0.5, 0.6) is 0 Å². The van der Waals surface area contributed by atoms with Crippen molar-refractivity contribution in [3.8, 4) is 0 Å². The average Bonchev–Trinajstić information content (AvgIpc) is 2.27. The quantitative estimate of drug-likeness (QED) is 0.753. The molecule has 3 nitrogen and oxygen atoms in total. The van der Waals surface area contributed by atoms with Crippen LogP contribution in [-0.4, -0.2) is 43.8 Å². The Morgan fingerprint density at radius 1 is 1.53 bits per heavy atom. The summed E-state index contributed by atoms with van der Waals surface area (Å²) in [6.07, 6.45) is 3.86. The minimum atomic E-state index is 0.366. The van der Waals surface area contributed by atoms with Gasteiger partial charge in [-0.15, -0.1) is 0 Å². The van der Waals surface area contributed by atoms with Crippen molar-refractivity contribution in [2.24, 2.45) is 11.7 Å². The van der Waals surface area contributed by atoms with Gasteiger partial charge in [0.15, 0.2) is 0 Å². The number of nitrogens with two attached hydrogens (primary N) is 1. The van der Waals surface area contributed by atoms with E-state index in [1.54, 1.807) is 0 Å². The van der Waals surface area contributed by atoms with Crippen LogP contribution in [0.25, 0.3) is 0 Å². The topological polar surface area (TPSA) is 38.5 Å². The highest BCUT2D eigenvalue weighted by Gasteiger charge is 2.25. The number of hydrogen-bond acceptors (Lipinski definition) is 3. The van der Waals surface area contributed by atoms with Crippen LogP contribution in [0.1, 0.15) is 33.1 Å². The van der Waals surface area contributed by atoms with E-state index >= 15 is 0 Å². The molecule has 1 aliphatic heterocycles. The van der Waals surface area contributed by atoms with Crippen LogP contribution >= 0.6 is 0 Å². The van der Waals surface area contributed by atoms with Crippen molar-refractivity contribution in [1.82, 2.24) is 4.90 Å². The Kier molecular flexibility index (Phi) is 5.58. The monoisotopic (exact) mass is 214 g/mol. The van der Waals surface area contributed by atoms with Gasteiger partial charge in [-0.25, -0.2) is 0 Å². The molecule has 3 heteroatoms. The summed E-state index contributed by atoms with van der Waals surface area (Å²) in [7, 11) is 1.82. The summed E-state index contributed by atoms with van der Waals surface area (Å²) in [5.41, 5.74) is 5.93. The molecule has 0 amide bonds. The van der Waals surface area contributed by atoms with Crippen molar-refractivity contribution >= 4 is 0 Å². The fourth-order valence-electron chi connectivity index (χ4n) is 2.16. The second-order valence-electron chi connectivity index (χ2n) is 4.80. The Hall–Kier alpha value is -0.120. The predicted octanol–water partition coefficient (Wildman–Crippen LogP) is 1.47.